The third-order valence-electron chi connectivity index (χ3n) is 5.95. The Morgan fingerprint density at radius 3 is 2.55 bits per heavy atom. The van der Waals surface area contributed by atoms with Crippen LogP contribution < -0.4 is 10.6 Å². The molecule has 0 bridgehead atoms. The lowest BCUT2D eigenvalue weighted by molar-refractivity contribution is -0.119. The highest BCUT2D eigenvalue weighted by molar-refractivity contribution is 7.91. The van der Waals surface area contributed by atoms with Gasteiger partial charge in [0.1, 0.15) is 12.4 Å². The van der Waals surface area contributed by atoms with Gasteiger partial charge in [0.15, 0.2) is 15.7 Å². The number of anilines is 1. The van der Waals surface area contributed by atoms with Crippen molar-refractivity contribution in [3.8, 4) is 11.5 Å². The zero-order valence-corrected chi connectivity index (χ0v) is 21.5. The number of nitrogens with two attached hydrogens (primary N) is 1. The van der Waals surface area contributed by atoms with E-state index >= 15 is 4.39 Å². The SMILES string of the molecule is N[C@H]1CS(=O)(=O)c2cc(F)c(-c3nc(COCc4ccccc4)no3)cc2N(Cc2ccc(Cl)cc2)C1=O. The summed E-state index contributed by atoms with van der Waals surface area (Å²) in [5.41, 5.74) is 7.37. The summed E-state index contributed by atoms with van der Waals surface area (Å²) < 4.78 is 52.1. The molecule has 0 radical (unpaired) electrons. The molecule has 0 saturated carbocycles. The molecular formula is C26H22ClFN4O5S. The van der Waals surface area contributed by atoms with Gasteiger partial charge in [0.25, 0.3) is 5.89 Å². The molecular weight excluding hydrogens is 535 g/mol. The zero-order valence-electron chi connectivity index (χ0n) is 19.9. The fourth-order valence-electron chi connectivity index (χ4n) is 4.08. The Balaban J connectivity index is 1.48. The molecule has 2 heterocycles. The van der Waals surface area contributed by atoms with Crippen LogP contribution in [-0.2, 0) is 39.1 Å². The van der Waals surface area contributed by atoms with Gasteiger partial charge in [-0.1, -0.05) is 59.2 Å². The molecule has 1 amide bonds. The zero-order chi connectivity index (χ0) is 26.9. The molecule has 0 aliphatic carbocycles. The summed E-state index contributed by atoms with van der Waals surface area (Å²) in [6.45, 7) is 0.312. The van der Waals surface area contributed by atoms with Crippen molar-refractivity contribution in [3.05, 3.63) is 94.5 Å². The first kappa shape index (κ1) is 26.0. The number of amides is 1. The lowest BCUT2D eigenvalue weighted by atomic mass is 10.1. The molecule has 1 aliphatic heterocycles. The number of nitrogens with zero attached hydrogens (tertiary/aromatic N) is 3. The summed E-state index contributed by atoms with van der Waals surface area (Å²) in [7, 11) is -4.08. The van der Waals surface area contributed by atoms with Crippen LogP contribution in [0.5, 0.6) is 0 Å². The van der Waals surface area contributed by atoms with E-state index in [0.717, 1.165) is 11.6 Å². The van der Waals surface area contributed by atoms with Gasteiger partial charge in [0.05, 0.1) is 41.1 Å². The van der Waals surface area contributed by atoms with Crippen molar-refractivity contribution in [2.24, 2.45) is 5.73 Å². The van der Waals surface area contributed by atoms with Crippen LogP contribution in [-0.4, -0.2) is 36.3 Å². The van der Waals surface area contributed by atoms with Gasteiger partial charge in [-0.2, -0.15) is 4.98 Å². The van der Waals surface area contributed by atoms with Crippen LogP contribution in [0.1, 0.15) is 17.0 Å². The maximum absolute atomic E-state index is 15.2. The molecule has 3 aromatic carbocycles. The van der Waals surface area contributed by atoms with E-state index in [1.807, 2.05) is 30.3 Å². The first-order chi connectivity index (χ1) is 18.2. The number of carbonyl (C=O) groups is 1. The monoisotopic (exact) mass is 556 g/mol. The number of aromatic nitrogens is 2. The Kier molecular flexibility index (Phi) is 7.26. The number of hydrogen-bond acceptors (Lipinski definition) is 8. The molecule has 38 heavy (non-hydrogen) atoms. The Morgan fingerprint density at radius 2 is 1.82 bits per heavy atom. The van der Waals surface area contributed by atoms with Crippen LogP contribution in [0.2, 0.25) is 5.02 Å². The fraction of sp³-hybridized carbons (Fsp3) is 0.192. The first-order valence-corrected chi connectivity index (χ1v) is 13.6. The molecule has 1 aromatic heterocycles. The summed E-state index contributed by atoms with van der Waals surface area (Å²) in [5, 5.41) is 4.34. The molecule has 0 saturated heterocycles. The van der Waals surface area contributed by atoms with E-state index in [1.165, 1.54) is 11.0 Å². The maximum atomic E-state index is 15.2. The van der Waals surface area contributed by atoms with Crippen molar-refractivity contribution in [2.45, 2.75) is 30.7 Å². The van der Waals surface area contributed by atoms with Crippen molar-refractivity contribution in [1.82, 2.24) is 10.1 Å². The third kappa shape index (κ3) is 5.46. The van der Waals surface area contributed by atoms with Gasteiger partial charge >= 0.3 is 0 Å². The topological polar surface area (TPSA) is 129 Å². The first-order valence-electron chi connectivity index (χ1n) is 11.5. The van der Waals surface area contributed by atoms with Gasteiger partial charge in [-0.05, 0) is 35.4 Å². The average molecular weight is 557 g/mol. The van der Waals surface area contributed by atoms with Crippen LogP contribution in [0.3, 0.4) is 0 Å². The maximum Gasteiger partial charge on any atom is 0.261 e. The van der Waals surface area contributed by atoms with E-state index in [9.17, 15) is 13.2 Å². The number of halogens is 2. The van der Waals surface area contributed by atoms with Crippen LogP contribution in [0, 0.1) is 5.82 Å². The van der Waals surface area contributed by atoms with E-state index < -0.39 is 33.4 Å². The van der Waals surface area contributed by atoms with Crippen LogP contribution in [0.15, 0.2) is 76.1 Å². The third-order valence-corrected chi connectivity index (χ3v) is 8.00. The van der Waals surface area contributed by atoms with Crippen LogP contribution in [0.25, 0.3) is 11.5 Å². The fourth-order valence-corrected chi connectivity index (χ4v) is 5.77. The summed E-state index contributed by atoms with van der Waals surface area (Å²) in [6.07, 6.45) is 0. The molecule has 0 spiro atoms. The normalized spacial score (nSPS) is 16.8. The lowest BCUT2D eigenvalue weighted by Crippen LogP contribution is -2.45. The molecule has 4 aromatic rings. The van der Waals surface area contributed by atoms with Crippen molar-refractivity contribution in [2.75, 3.05) is 10.7 Å². The minimum Gasteiger partial charge on any atom is -0.369 e. The van der Waals surface area contributed by atoms with Crippen LogP contribution >= 0.6 is 11.6 Å². The molecule has 9 nitrogen and oxygen atoms in total. The van der Waals surface area contributed by atoms with Gasteiger partial charge in [0.2, 0.25) is 5.91 Å². The van der Waals surface area contributed by atoms with Gasteiger partial charge in [0, 0.05) is 5.02 Å². The second kappa shape index (κ2) is 10.6. The predicted molar refractivity (Wildman–Crippen MR) is 137 cm³/mol. The highest BCUT2D eigenvalue weighted by Crippen LogP contribution is 2.37. The molecule has 12 heteroatoms. The van der Waals surface area contributed by atoms with Crippen molar-refractivity contribution < 1.29 is 26.9 Å². The van der Waals surface area contributed by atoms with Crippen molar-refractivity contribution in [3.63, 3.8) is 0 Å². The van der Waals surface area contributed by atoms with E-state index in [2.05, 4.69) is 10.1 Å². The number of rotatable bonds is 7. The lowest BCUT2D eigenvalue weighted by Gasteiger charge is -2.24. The van der Waals surface area contributed by atoms with Gasteiger partial charge < -0.3 is 19.9 Å². The summed E-state index contributed by atoms with van der Waals surface area (Å²) in [6, 6.07) is 16.9. The number of ether oxygens (including phenoxy) is 1. The quantitative estimate of drug-likeness (QED) is 0.363. The molecule has 0 unspecified atom stereocenters. The van der Waals surface area contributed by atoms with Gasteiger partial charge in [-0.25, -0.2) is 12.8 Å². The number of benzene rings is 3. The second-order valence-electron chi connectivity index (χ2n) is 8.73. The van der Waals surface area contributed by atoms with E-state index in [0.29, 0.717) is 17.2 Å². The number of hydrogen-bond donors (Lipinski definition) is 1. The Hall–Kier alpha value is -3.64. The van der Waals surface area contributed by atoms with Gasteiger partial charge in [-0.15, -0.1) is 0 Å². The molecule has 2 N–H and O–H groups in total. The Bertz CT molecular complexity index is 1580. The molecule has 1 aliphatic rings. The average Bonchev–Trinajstić information content (AvgIpc) is 3.34. The standard InChI is InChI=1S/C26H22ClFN4O5S/c27-18-8-6-16(7-9-18)12-32-22-10-19(20(28)11-23(22)38(34,35)15-21(29)26(32)33)25-30-24(31-37-25)14-36-13-17-4-2-1-3-5-17/h1-11,21H,12-15,29H2/t21-/m0/s1. The Labute approximate surface area is 222 Å². The molecule has 5 rings (SSSR count). The highest BCUT2D eigenvalue weighted by Gasteiger charge is 2.37. The van der Waals surface area contributed by atoms with Crippen molar-refractivity contribution >= 4 is 33.0 Å². The summed E-state index contributed by atoms with van der Waals surface area (Å²) in [4.78, 5) is 18.3. The molecule has 0 fully saturated rings. The van der Waals surface area contributed by atoms with Gasteiger partial charge in [-0.3, -0.25) is 4.79 Å². The molecule has 1 atom stereocenters. The largest absolute Gasteiger partial charge is 0.369 e. The van der Waals surface area contributed by atoms with E-state index in [-0.39, 0.29) is 41.0 Å². The van der Waals surface area contributed by atoms with E-state index in [4.69, 9.17) is 26.6 Å². The minimum absolute atomic E-state index is 0.00929. The predicted octanol–water partition coefficient (Wildman–Crippen LogP) is 3.89. The minimum atomic E-state index is -4.08. The number of sulfone groups is 1. The van der Waals surface area contributed by atoms with Crippen LogP contribution in [0.4, 0.5) is 10.1 Å². The van der Waals surface area contributed by atoms with Crippen molar-refractivity contribution in [1.29, 1.82) is 0 Å². The summed E-state index contributed by atoms with van der Waals surface area (Å²) >= 11 is 5.97. The smallest absolute Gasteiger partial charge is 0.261 e. The van der Waals surface area contributed by atoms with E-state index in [1.54, 1.807) is 24.3 Å². The molecule has 196 valence electrons. The second-order valence-corrected chi connectivity index (χ2v) is 11.2. The Morgan fingerprint density at radius 1 is 1.08 bits per heavy atom. The number of fused-ring (bicyclic) bond motifs is 1. The number of carbonyl (C=O) groups excluding carboxylic acids is 1. The summed E-state index contributed by atoms with van der Waals surface area (Å²) in [5.74, 6) is -2.19. The highest BCUT2D eigenvalue weighted by atomic mass is 35.5.